The van der Waals surface area contributed by atoms with E-state index in [1.807, 2.05) is 61.5 Å². The molecule has 28 heavy (non-hydrogen) atoms. The largest absolute Gasteiger partial charge is 0.326 e. The van der Waals surface area contributed by atoms with Crippen LogP contribution in [0, 0.1) is 5.92 Å². The highest BCUT2D eigenvalue weighted by Crippen LogP contribution is 2.32. The Bertz CT molecular complexity index is 816. The van der Waals surface area contributed by atoms with Crippen molar-refractivity contribution in [2.45, 2.75) is 44.6 Å². The number of amides is 2. The number of para-hydroxylation sites is 1. The summed E-state index contributed by atoms with van der Waals surface area (Å²) in [5, 5.41) is 2.98. The molecule has 148 valence electrons. The van der Waals surface area contributed by atoms with Gasteiger partial charge in [0.15, 0.2) is 0 Å². The molecule has 1 fully saturated rings. The second-order valence-corrected chi connectivity index (χ2v) is 7.96. The molecule has 5 nitrogen and oxygen atoms in total. The van der Waals surface area contributed by atoms with Crippen molar-refractivity contribution in [3.8, 4) is 0 Å². The smallest absolute Gasteiger partial charge is 0.231 e. The molecule has 1 saturated carbocycles. The van der Waals surface area contributed by atoms with Gasteiger partial charge in [0.25, 0.3) is 0 Å². The molecule has 1 aliphatic rings. The van der Waals surface area contributed by atoms with Crippen molar-refractivity contribution in [1.29, 1.82) is 0 Å². The zero-order valence-electron chi connectivity index (χ0n) is 16.7. The monoisotopic (exact) mass is 379 g/mol. The minimum atomic E-state index is -0.448. The maximum Gasteiger partial charge on any atom is 0.231 e. The average Bonchev–Trinajstić information content (AvgIpc) is 2.69. The maximum absolute atomic E-state index is 12.6. The molecule has 2 aromatic rings. The van der Waals surface area contributed by atoms with Gasteiger partial charge in [0.05, 0.1) is 12.3 Å². The summed E-state index contributed by atoms with van der Waals surface area (Å²) in [7, 11) is 1.78. The Kier molecular flexibility index (Phi) is 6.15. The highest BCUT2D eigenvalue weighted by molar-refractivity contribution is 5.95. The van der Waals surface area contributed by atoms with E-state index in [1.165, 1.54) is 0 Å². The fourth-order valence-corrected chi connectivity index (χ4v) is 3.81. The first-order valence-corrected chi connectivity index (χ1v) is 9.87. The maximum atomic E-state index is 12.6. The van der Waals surface area contributed by atoms with Gasteiger partial charge < -0.3 is 16.0 Å². The van der Waals surface area contributed by atoms with E-state index in [-0.39, 0.29) is 17.7 Å². The van der Waals surface area contributed by atoms with Crippen LogP contribution in [0.1, 0.15) is 38.2 Å². The van der Waals surface area contributed by atoms with Crippen molar-refractivity contribution < 1.29 is 9.59 Å². The average molecular weight is 380 g/mol. The molecular formula is C23H29N3O2. The standard InChI is InChI=1S/C23H29N3O2/c1-23(24)15-7-6-10-20(23)22(28)25-18-13-11-17(12-14-18)16-21(27)26(2)19-8-4-3-5-9-19/h3-5,8-9,11-14,20H,6-7,10,15-16,24H2,1-2H3,(H,25,28). The van der Waals surface area contributed by atoms with Crippen LogP contribution >= 0.6 is 0 Å². The van der Waals surface area contributed by atoms with Crippen molar-refractivity contribution in [2.24, 2.45) is 11.7 Å². The van der Waals surface area contributed by atoms with Gasteiger partial charge in [-0.15, -0.1) is 0 Å². The number of benzene rings is 2. The molecule has 5 heteroatoms. The summed E-state index contributed by atoms with van der Waals surface area (Å²) in [5.41, 5.74) is 8.39. The van der Waals surface area contributed by atoms with Crippen LogP contribution in [0.4, 0.5) is 11.4 Å². The van der Waals surface area contributed by atoms with Crippen LogP contribution in [0.25, 0.3) is 0 Å². The number of anilines is 2. The van der Waals surface area contributed by atoms with Gasteiger partial charge in [-0.1, -0.05) is 43.2 Å². The third kappa shape index (κ3) is 4.78. The Balaban J connectivity index is 1.59. The van der Waals surface area contributed by atoms with Crippen LogP contribution in [0.5, 0.6) is 0 Å². The minimum absolute atomic E-state index is 0.0164. The lowest BCUT2D eigenvalue weighted by molar-refractivity contribution is -0.123. The molecule has 1 aliphatic carbocycles. The fraction of sp³-hybridized carbons (Fsp3) is 0.391. The van der Waals surface area contributed by atoms with Crippen LogP contribution in [0.15, 0.2) is 54.6 Å². The molecule has 3 N–H and O–H groups in total. The van der Waals surface area contributed by atoms with Crippen LogP contribution in [-0.2, 0) is 16.0 Å². The van der Waals surface area contributed by atoms with E-state index in [0.29, 0.717) is 6.42 Å². The van der Waals surface area contributed by atoms with Gasteiger partial charge in [-0.25, -0.2) is 0 Å². The van der Waals surface area contributed by atoms with Gasteiger partial charge in [0, 0.05) is 24.0 Å². The number of carbonyl (C=O) groups excluding carboxylic acids is 2. The summed E-state index contributed by atoms with van der Waals surface area (Å²) in [6.07, 6.45) is 4.14. The highest BCUT2D eigenvalue weighted by Gasteiger charge is 2.37. The molecule has 2 aromatic carbocycles. The van der Waals surface area contributed by atoms with Crippen molar-refractivity contribution in [3.05, 3.63) is 60.2 Å². The molecule has 0 bridgehead atoms. The molecule has 3 rings (SSSR count). The van der Waals surface area contributed by atoms with E-state index >= 15 is 0 Å². The molecule has 2 atom stereocenters. The predicted octanol–water partition coefficient (Wildman–Crippen LogP) is 3.74. The van der Waals surface area contributed by atoms with E-state index in [4.69, 9.17) is 5.73 Å². The van der Waals surface area contributed by atoms with Gasteiger partial charge in [-0.2, -0.15) is 0 Å². The first-order chi connectivity index (χ1) is 13.4. The highest BCUT2D eigenvalue weighted by atomic mass is 16.2. The summed E-state index contributed by atoms with van der Waals surface area (Å²) in [6.45, 7) is 1.97. The van der Waals surface area contributed by atoms with Crippen LogP contribution < -0.4 is 16.0 Å². The third-order valence-corrected chi connectivity index (χ3v) is 5.67. The van der Waals surface area contributed by atoms with E-state index < -0.39 is 5.54 Å². The fourth-order valence-electron chi connectivity index (χ4n) is 3.81. The van der Waals surface area contributed by atoms with Gasteiger partial charge in [-0.05, 0) is 49.6 Å². The van der Waals surface area contributed by atoms with Crippen LogP contribution in [-0.4, -0.2) is 24.4 Å². The van der Waals surface area contributed by atoms with Gasteiger partial charge >= 0.3 is 0 Å². The first kappa shape index (κ1) is 20.1. The lowest BCUT2D eigenvalue weighted by atomic mass is 9.74. The number of nitrogens with zero attached hydrogens (tertiary/aromatic N) is 1. The third-order valence-electron chi connectivity index (χ3n) is 5.67. The van der Waals surface area contributed by atoms with Crippen molar-refractivity contribution >= 4 is 23.2 Å². The minimum Gasteiger partial charge on any atom is -0.326 e. The number of nitrogens with one attached hydrogen (secondary N) is 1. The summed E-state index contributed by atoms with van der Waals surface area (Å²) < 4.78 is 0. The van der Waals surface area contributed by atoms with Gasteiger partial charge in [0.2, 0.25) is 11.8 Å². The van der Waals surface area contributed by atoms with E-state index in [9.17, 15) is 9.59 Å². The Hall–Kier alpha value is -2.66. The lowest BCUT2D eigenvalue weighted by Crippen LogP contribution is -2.51. The number of hydrogen-bond acceptors (Lipinski definition) is 3. The molecule has 0 heterocycles. The normalized spacial score (nSPS) is 21.8. The van der Waals surface area contributed by atoms with Crippen molar-refractivity contribution in [3.63, 3.8) is 0 Å². The Morgan fingerprint density at radius 3 is 2.43 bits per heavy atom. The van der Waals surface area contributed by atoms with E-state index in [0.717, 1.165) is 42.6 Å². The number of nitrogens with two attached hydrogens (primary N) is 1. The topological polar surface area (TPSA) is 75.4 Å². The zero-order chi connectivity index (χ0) is 20.1. The number of hydrogen-bond donors (Lipinski definition) is 2. The number of likely N-dealkylation sites (N-methyl/N-ethyl adjacent to an activating group) is 1. The van der Waals surface area contributed by atoms with Crippen molar-refractivity contribution in [1.82, 2.24) is 0 Å². The molecule has 2 unspecified atom stereocenters. The Labute approximate surface area is 166 Å². The second-order valence-electron chi connectivity index (χ2n) is 7.96. The molecule has 0 spiro atoms. The zero-order valence-corrected chi connectivity index (χ0v) is 16.7. The van der Waals surface area contributed by atoms with Crippen molar-refractivity contribution in [2.75, 3.05) is 17.3 Å². The summed E-state index contributed by atoms with van der Waals surface area (Å²) in [4.78, 5) is 26.8. The lowest BCUT2D eigenvalue weighted by Gasteiger charge is -2.37. The molecule has 0 aliphatic heterocycles. The number of rotatable bonds is 5. The van der Waals surface area contributed by atoms with Gasteiger partial charge in [-0.3, -0.25) is 9.59 Å². The Morgan fingerprint density at radius 1 is 1.11 bits per heavy atom. The van der Waals surface area contributed by atoms with E-state index in [2.05, 4.69) is 5.32 Å². The summed E-state index contributed by atoms with van der Waals surface area (Å²) >= 11 is 0. The van der Waals surface area contributed by atoms with E-state index in [1.54, 1.807) is 11.9 Å². The Morgan fingerprint density at radius 2 is 1.79 bits per heavy atom. The van der Waals surface area contributed by atoms with Crippen LogP contribution in [0.3, 0.4) is 0 Å². The molecule has 0 saturated heterocycles. The summed E-state index contributed by atoms with van der Waals surface area (Å²) in [6, 6.07) is 17.0. The van der Waals surface area contributed by atoms with Gasteiger partial charge in [0.1, 0.15) is 0 Å². The molecule has 0 aromatic heterocycles. The summed E-state index contributed by atoms with van der Waals surface area (Å²) in [5.74, 6) is -0.163. The predicted molar refractivity (Wildman–Crippen MR) is 113 cm³/mol. The first-order valence-electron chi connectivity index (χ1n) is 9.87. The van der Waals surface area contributed by atoms with Crippen LogP contribution in [0.2, 0.25) is 0 Å². The molecule has 0 radical (unpaired) electrons. The quantitative estimate of drug-likeness (QED) is 0.831. The SMILES string of the molecule is CN(C(=O)Cc1ccc(NC(=O)C2CCCCC2(C)N)cc1)c1ccccc1. The second kappa shape index (κ2) is 8.57. The number of carbonyl (C=O) groups is 2. The molecular weight excluding hydrogens is 350 g/mol. The molecule has 2 amide bonds.